The fourth-order valence-electron chi connectivity index (χ4n) is 1.48. The van der Waals surface area contributed by atoms with Crippen LogP contribution in [0.3, 0.4) is 0 Å². The summed E-state index contributed by atoms with van der Waals surface area (Å²) >= 11 is 0. The first-order chi connectivity index (χ1) is 8.77. The first-order valence-corrected chi connectivity index (χ1v) is 7.27. The van der Waals surface area contributed by atoms with Gasteiger partial charge in [-0.15, -0.1) is 0 Å². The molecule has 19 heavy (non-hydrogen) atoms. The minimum Gasteiger partial charge on any atom is -0.475 e. The Morgan fingerprint density at radius 2 is 2.16 bits per heavy atom. The van der Waals surface area contributed by atoms with E-state index in [0.29, 0.717) is 12.8 Å². The van der Waals surface area contributed by atoms with E-state index in [1.807, 2.05) is 0 Å². The van der Waals surface area contributed by atoms with Crippen LogP contribution in [0.4, 0.5) is 0 Å². The second-order valence-corrected chi connectivity index (χ2v) is 5.82. The Balaban J connectivity index is 2.80. The van der Waals surface area contributed by atoms with E-state index < -0.39 is 27.9 Å². The SMILES string of the molecule is CCC(O)CCNS(=O)(=O)c1cc(C(=O)O)oc1C. The minimum atomic E-state index is -3.83. The van der Waals surface area contributed by atoms with E-state index in [0.717, 1.165) is 6.07 Å². The molecule has 3 N–H and O–H groups in total. The van der Waals surface area contributed by atoms with Crippen LogP contribution in [0, 0.1) is 6.92 Å². The van der Waals surface area contributed by atoms with Gasteiger partial charge in [-0.1, -0.05) is 6.92 Å². The van der Waals surface area contributed by atoms with Gasteiger partial charge in [-0.3, -0.25) is 0 Å². The predicted molar refractivity (Wildman–Crippen MR) is 66.5 cm³/mol. The summed E-state index contributed by atoms with van der Waals surface area (Å²) in [5.41, 5.74) is 0. The van der Waals surface area contributed by atoms with Crippen molar-refractivity contribution in [2.45, 2.75) is 37.7 Å². The summed E-state index contributed by atoms with van der Waals surface area (Å²) in [5.74, 6) is -1.74. The zero-order valence-corrected chi connectivity index (χ0v) is 11.5. The maximum absolute atomic E-state index is 11.9. The molecule has 108 valence electrons. The van der Waals surface area contributed by atoms with E-state index >= 15 is 0 Å². The average molecular weight is 291 g/mol. The summed E-state index contributed by atoms with van der Waals surface area (Å²) in [6.45, 7) is 3.24. The molecule has 1 unspecified atom stereocenters. The predicted octanol–water partition coefficient (Wildman–Crippen LogP) is 0.726. The number of nitrogens with one attached hydrogen (secondary N) is 1. The highest BCUT2D eigenvalue weighted by Crippen LogP contribution is 2.19. The molecule has 1 aromatic heterocycles. The Morgan fingerprint density at radius 3 is 2.63 bits per heavy atom. The molecule has 0 fully saturated rings. The van der Waals surface area contributed by atoms with Crippen LogP contribution in [0.2, 0.25) is 0 Å². The van der Waals surface area contributed by atoms with E-state index in [9.17, 15) is 18.3 Å². The molecule has 0 aromatic carbocycles. The number of carbonyl (C=O) groups is 1. The Bertz CT molecular complexity index is 548. The third-order valence-electron chi connectivity index (χ3n) is 2.61. The maximum Gasteiger partial charge on any atom is 0.371 e. The van der Waals surface area contributed by atoms with Gasteiger partial charge >= 0.3 is 5.97 Å². The van der Waals surface area contributed by atoms with Gasteiger partial charge < -0.3 is 14.6 Å². The number of aliphatic hydroxyl groups is 1. The van der Waals surface area contributed by atoms with Crippen molar-refractivity contribution in [3.63, 3.8) is 0 Å². The van der Waals surface area contributed by atoms with Crippen LogP contribution in [0.5, 0.6) is 0 Å². The second-order valence-electron chi connectivity index (χ2n) is 4.08. The number of aliphatic hydroxyl groups excluding tert-OH is 1. The first-order valence-electron chi connectivity index (χ1n) is 5.79. The van der Waals surface area contributed by atoms with Gasteiger partial charge in [0.15, 0.2) is 0 Å². The fourth-order valence-corrected chi connectivity index (χ4v) is 2.70. The number of aryl methyl sites for hydroxylation is 1. The molecular formula is C11H17NO6S. The van der Waals surface area contributed by atoms with Crippen LogP contribution in [-0.4, -0.2) is 37.2 Å². The van der Waals surface area contributed by atoms with Gasteiger partial charge in [0, 0.05) is 12.6 Å². The van der Waals surface area contributed by atoms with Crippen LogP contribution in [0.1, 0.15) is 36.1 Å². The zero-order valence-electron chi connectivity index (χ0n) is 10.7. The lowest BCUT2D eigenvalue weighted by Gasteiger charge is -2.08. The third kappa shape index (κ3) is 4.05. The van der Waals surface area contributed by atoms with Crippen molar-refractivity contribution in [3.8, 4) is 0 Å². The van der Waals surface area contributed by atoms with Crippen molar-refractivity contribution in [2.24, 2.45) is 0 Å². The van der Waals surface area contributed by atoms with E-state index in [-0.39, 0.29) is 17.2 Å². The Morgan fingerprint density at radius 1 is 1.53 bits per heavy atom. The van der Waals surface area contributed by atoms with E-state index in [1.54, 1.807) is 6.92 Å². The summed E-state index contributed by atoms with van der Waals surface area (Å²) in [7, 11) is -3.83. The smallest absolute Gasteiger partial charge is 0.371 e. The number of aromatic carboxylic acids is 1. The normalized spacial score (nSPS) is 13.4. The molecule has 0 aliphatic heterocycles. The van der Waals surface area contributed by atoms with E-state index in [4.69, 9.17) is 9.52 Å². The molecule has 0 aliphatic rings. The summed E-state index contributed by atoms with van der Waals surface area (Å²) in [6.07, 6.45) is 0.261. The molecule has 0 aliphatic carbocycles. The number of carboxylic acid groups (broad SMARTS) is 1. The molecule has 0 amide bonds. The molecule has 1 rings (SSSR count). The lowest BCUT2D eigenvalue weighted by atomic mass is 10.2. The summed E-state index contributed by atoms with van der Waals surface area (Å²) in [4.78, 5) is 10.5. The van der Waals surface area contributed by atoms with Crippen LogP contribution < -0.4 is 4.72 Å². The number of furan rings is 1. The Kier molecular flexibility index (Phi) is 5.10. The highest BCUT2D eigenvalue weighted by molar-refractivity contribution is 7.89. The molecule has 7 nitrogen and oxygen atoms in total. The Hall–Kier alpha value is -1.38. The standard InChI is InChI=1S/C11H17NO6S/c1-3-8(13)4-5-12-19(16,17)10-6-9(11(14)15)18-7(10)2/h6,8,12-13H,3-5H2,1-2H3,(H,14,15). The van der Waals surface area contributed by atoms with Gasteiger partial charge in [-0.2, -0.15) is 0 Å². The van der Waals surface area contributed by atoms with Crippen LogP contribution >= 0.6 is 0 Å². The highest BCUT2D eigenvalue weighted by Gasteiger charge is 2.23. The molecule has 0 spiro atoms. The second kappa shape index (κ2) is 6.18. The molecule has 1 atom stereocenters. The maximum atomic E-state index is 11.9. The lowest BCUT2D eigenvalue weighted by Crippen LogP contribution is -2.27. The quantitative estimate of drug-likeness (QED) is 0.681. The van der Waals surface area contributed by atoms with Gasteiger partial charge in [0.1, 0.15) is 10.7 Å². The lowest BCUT2D eigenvalue weighted by molar-refractivity contribution is 0.0661. The third-order valence-corrected chi connectivity index (χ3v) is 4.18. The number of sulfonamides is 1. The number of carboxylic acids is 1. The van der Waals surface area contributed by atoms with Gasteiger partial charge in [0.05, 0.1) is 6.10 Å². The monoisotopic (exact) mass is 291 g/mol. The van der Waals surface area contributed by atoms with Gasteiger partial charge in [-0.05, 0) is 19.8 Å². The fraction of sp³-hybridized carbons (Fsp3) is 0.545. The van der Waals surface area contributed by atoms with Gasteiger partial charge in [0.2, 0.25) is 15.8 Å². The molecular weight excluding hydrogens is 274 g/mol. The van der Waals surface area contributed by atoms with Gasteiger partial charge in [-0.25, -0.2) is 17.9 Å². The van der Waals surface area contributed by atoms with Crippen molar-refractivity contribution in [3.05, 3.63) is 17.6 Å². The first kappa shape index (κ1) is 15.7. The van der Waals surface area contributed by atoms with Crippen LogP contribution in [0.15, 0.2) is 15.4 Å². The summed E-state index contributed by atoms with van der Waals surface area (Å²) in [6, 6.07) is 0.969. The minimum absolute atomic E-state index is 0.0148. The number of hydrogen-bond acceptors (Lipinski definition) is 5. The van der Waals surface area contributed by atoms with Crippen molar-refractivity contribution < 1.29 is 27.8 Å². The highest BCUT2D eigenvalue weighted by atomic mass is 32.2. The van der Waals surface area contributed by atoms with Crippen LogP contribution in [0.25, 0.3) is 0 Å². The van der Waals surface area contributed by atoms with Gasteiger partial charge in [0.25, 0.3) is 0 Å². The Labute approximate surface area is 111 Å². The summed E-state index contributed by atoms with van der Waals surface area (Å²) < 4.78 is 31.0. The molecule has 0 saturated carbocycles. The summed E-state index contributed by atoms with van der Waals surface area (Å²) in [5, 5.41) is 18.1. The van der Waals surface area contributed by atoms with E-state index in [1.165, 1.54) is 6.92 Å². The van der Waals surface area contributed by atoms with Crippen molar-refractivity contribution in [1.29, 1.82) is 0 Å². The molecule has 1 aromatic rings. The zero-order chi connectivity index (χ0) is 14.6. The molecule has 0 bridgehead atoms. The number of rotatable bonds is 7. The van der Waals surface area contributed by atoms with E-state index in [2.05, 4.69) is 4.72 Å². The molecule has 0 saturated heterocycles. The number of hydrogen-bond donors (Lipinski definition) is 3. The largest absolute Gasteiger partial charge is 0.475 e. The molecule has 0 radical (unpaired) electrons. The molecule has 1 heterocycles. The van der Waals surface area contributed by atoms with Crippen molar-refractivity contribution in [1.82, 2.24) is 4.72 Å². The van der Waals surface area contributed by atoms with Crippen molar-refractivity contribution in [2.75, 3.05) is 6.54 Å². The molecule has 8 heteroatoms. The van der Waals surface area contributed by atoms with Crippen molar-refractivity contribution >= 4 is 16.0 Å². The topological polar surface area (TPSA) is 117 Å². The van der Waals surface area contributed by atoms with Crippen LogP contribution in [-0.2, 0) is 10.0 Å². The average Bonchev–Trinajstić information content (AvgIpc) is 2.71.